The number of likely N-dealkylation sites (tertiary alicyclic amines) is 1. The van der Waals surface area contributed by atoms with Crippen LogP contribution in [0.2, 0.25) is 5.02 Å². The number of alkyl halides is 3. The predicted octanol–water partition coefficient (Wildman–Crippen LogP) is 5.29. The summed E-state index contributed by atoms with van der Waals surface area (Å²) in [6.07, 6.45) is -2.24. The van der Waals surface area contributed by atoms with Crippen molar-refractivity contribution in [3.8, 4) is 0 Å². The highest BCUT2D eigenvalue weighted by Crippen LogP contribution is 2.59. The van der Waals surface area contributed by atoms with Gasteiger partial charge in [-0.1, -0.05) is 35.9 Å². The number of aryl methyl sites for hydroxylation is 1. The normalized spacial score (nSPS) is 26.3. The van der Waals surface area contributed by atoms with Crippen LogP contribution in [0, 0.1) is 5.41 Å². The Bertz CT molecular complexity index is 1080. The van der Waals surface area contributed by atoms with Crippen molar-refractivity contribution in [1.29, 1.82) is 0 Å². The molecule has 2 aromatic carbocycles. The predicted molar refractivity (Wildman–Crippen MR) is 121 cm³/mol. The number of sulfone groups is 1. The largest absolute Gasteiger partial charge is 0.418 e. The van der Waals surface area contributed by atoms with Gasteiger partial charge in [-0.05, 0) is 61.2 Å². The fraction of sp³-hybridized carbons (Fsp3) is 0.500. The first-order valence-electron chi connectivity index (χ1n) is 10.9. The number of benzene rings is 2. The van der Waals surface area contributed by atoms with Crippen LogP contribution in [0.15, 0.2) is 53.4 Å². The third kappa shape index (κ3) is 4.81. The maximum Gasteiger partial charge on any atom is 0.418 e. The van der Waals surface area contributed by atoms with E-state index in [1.54, 1.807) is 24.3 Å². The second kappa shape index (κ2) is 8.87. The number of hydrogen-bond donors (Lipinski definition) is 0. The number of ether oxygens (including phenoxy) is 1. The Morgan fingerprint density at radius 1 is 1.03 bits per heavy atom. The van der Waals surface area contributed by atoms with E-state index in [0.29, 0.717) is 37.4 Å². The monoisotopic (exact) mass is 501 g/mol. The highest BCUT2D eigenvalue weighted by atomic mass is 35.5. The van der Waals surface area contributed by atoms with Gasteiger partial charge in [0, 0.05) is 36.2 Å². The Kier molecular flexibility index (Phi) is 6.59. The van der Waals surface area contributed by atoms with Gasteiger partial charge in [0.15, 0.2) is 15.4 Å². The van der Waals surface area contributed by atoms with E-state index in [2.05, 4.69) is 4.90 Å². The Hall–Kier alpha value is -1.61. The molecule has 2 aliphatic rings. The van der Waals surface area contributed by atoms with Gasteiger partial charge in [0.1, 0.15) is 0 Å². The lowest BCUT2D eigenvalue weighted by atomic mass is 9.63. The summed E-state index contributed by atoms with van der Waals surface area (Å²) in [5, 5.41) is 0.621. The molecule has 0 N–H and O–H groups in total. The molecule has 2 aliphatic heterocycles. The number of nitrogens with zero attached hydrogens (tertiary/aromatic N) is 1. The molecule has 1 unspecified atom stereocenters. The fourth-order valence-corrected chi connectivity index (χ4v) is 5.97. The van der Waals surface area contributed by atoms with Gasteiger partial charge in [-0.3, -0.25) is 4.90 Å². The van der Waals surface area contributed by atoms with E-state index >= 15 is 0 Å². The molecule has 0 radical (unpaired) electrons. The van der Waals surface area contributed by atoms with Crippen LogP contribution >= 0.6 is 11.6 Å². The highest BCUT2D eigenvalue weighted by Gasteiger charge is 2.71. The molecular formula is C24H27ClF3NO3S. The van der Waals surface area contributed by atoms with Crippen molar-refractivity contribution < 1.29 is 26.3 Å². The Balaban J connectivity index is 1.56. The summed E-state index contributed by atoms with van der Waals surface area (Å²) in [6.45, 7) is 1.50. The fourth-order valence-electron chi connectivity index (χ4n) is 5.21. The van der Waals surface area contributed by atoms with Gasteiger partial charge in [-0.2, -0.15) is 13.2 Å². The number of hydrogen-bond acceptors (Lipinski definition) is 4. The van der Waals surface area contributed by atoms with Gasteiger partial charge >= 0.3 is 6.18 Å². The third-order valence-electron chi connectivity index (χ3n) is 7.11. The maximum absolute atomic E-state index is 14.3. The first-order valence-corrected chi connectivity index (χ1v) is 13.2. The lowest BCUT2D eigenvalue weighted by molar-refractivity contribution is -0.366. The molecule has 180 valence electrons. The zero-order valence-corrected chi connectivity index (χ0v) is 19.9. The number of halogens is 4. The van der Waals surface area contributed by atoms with E-state index in [4.69, 9.17) is 16.3 Å². The average molecular weight is 502 g/mol. The molecule has 2 saturated heterocycles. The average Bonchev–Trinajstić information content (AvgIpc) is 3.09. The minimum atomic E-state index is -4.46. The molecule has 0 bridgehead atoms. The molecule has 0 amide bonds. The van der Waals surface area contributed by atoms with Crippen molar-refractivity contribution >= 4 is 21.4 Å². The van der Waals surface area contributed by atoms with Gasteiger partial charge in [0.25, 0.3) is 0 Å². The standard InChI is InChI=1S/C24H27ClF3NO3S/c1-33(30,31)21-8-4-18(5-9-21)10-11-22(23(13-15-32-23)24(26,27)28)12-14-29(17-22)16-19-2-6-20(25)7-3-19/h2-9H,10-17H2,1H3/t22-,23?/m1/s1. The van der Waals surface area contributed by atoms with Gasteiger partial charge in [0.2, 0.25) is 0 Å². The van der Waals surface area contributed by atoms with E-state index in [1.807, 2.05) is 12.1 Å². The van der Waals surface area contributed by atoms with Crippen LogP contribution in [0.25, 0.3) is 0 Å². The molecule has 4 nitrogen and oxygen atoms in total. The first-order chi connectivity index (χ1) is 15.4. The zero-order chi connectivity index (χ0) is 23.9. The van der Waals surface area contributed by atoms with E-state index in [-0.39, 0.29) is 24.5 Å². The van der Waals surface area contributed by atoms with Crippen LogP contribution in [0.5, 0.6) is 0 Å². The summed E-state index contributed by atoms with van der Waals surface area (Å²) in [6, 6.07) is 13.8. The van der Waals surface area contributed by atoms with E-state index in [1.165, 1.54) is 12.1 Å². The molecule has 0 saturated carbocycles. The SMILES string of the molecule is CS(=O)(=O)c1ccc(CC[C@@]2(C3(C(F)(F)F)CCO3)CCN(Cc3ccc(Cl)cc3)C2)cc1. The third-order valence-corrected chi connectivity index (χ3v) is 8.49. The van der Waals surface area contributed by atoms with Crippen LogP contribution in [-0.2, 0) is 27.5 Å². The minimum Gasteiger partial charge on any atom is -0.365 e. The smallest absolute Gasteiger partial charge is 0.365 e. The van der Waals surface area contributed by atoms with Crippen LogP contribution in [0.4, 0.5) is 13.2 Å². The molecule has 0 spiro atoms. The van der Waals surface area contributed by atoms with Crippen molar-refractivity contribution in [1.82, 2.24) is 4.90 Å². The molecule has 2 atom stereocenters. The minimum absolute atomic E-state index is 0.0295. The molecule has 4 rings (SSSR count). The van der Waals surface area contributed by atoms with E-state index in [9.17, 15) is 21.6 Å². The summed E-state index contributed by atoms with van der Waals surface area (Å²) in [5.41, 5.74) is -1.39. The topological polar surface area (TPSA) is 46.6 Å². The summed E-state index contributed by atoms with van der Waals surface area (Å²) in [4.78, 5) is 2.26. The van der Waals surface area contributed by atoms with Gasteiger partial charge in [-0.25, -0.2) is 8.42 Å². The van der Waals surface area contributed by atoms with Crippen molar-refractivity contribution in [2.24, 2.45) is 5.41 Å². The van der Waals surface area contributed by atoms with Crippen molar-refractivity contribution in [2.45, 2.75) is 48.9 Å². The second-order valence-electron chi connectivity index (χ2n) is 9.21. The van der Waals surface area contributed by atoms with E-state index in [0.717, 1.165) is 17.4 Å². The lowest BCUT2D eigenvalue weighted by Gasteiger charge is -2.54. The van der Waals surface area contributed by atoms with E-state index < -0.39 is 27.0 Å². The Labute approximate surface area is 197 Å². The molecule has 0 aromatic heterocycles. The summed E-state index contributed by atoms with van der Waals surface area (Å²) in [5.74, 6) is 0. The Morgan fingerprint density at radius 3 is 2.15 bits per heavy atom. The van der Waals surface area contributed by atoms with Crippen molar-refractivity contribution in [2.75, 3.05) is 26.0 Å². The first kappa shape index (κ1) is 24.5. The molecule has 0 aliphatic carbocycles. The Morgan fingerprint density at radius 2 is 1.64 bits per heavy atom. The maximum atomic E-state index is 14.3. The van der Waals surface area contributed by atoms with Gasteiger partial charge < -0.3 is 4.74 Å². The van der Waals surface area contributed by atoms with Crippen LogP contribution in [0.1, 0.15) is 30.4 Å². The van der Waals surface area contributed by atoms with Crippen LogP contribution in [0.3, 0.4) is 0 Å². The molecule has 9 heteroatoms. The quantitative estimate of drug-likeness (QED) is 0.517. The number of rotatable bonds is 7. The zero-order valence-electron chi connectivity index (χ0n) is 18.4. The second-order valence-corrected chi connectivity index (χ2v) is 11.7. The van der Waals surface area contributed by atoms with Gasteiger partial charge in [0.05, 0.1) is 11.5 Å². The molecule has 2 heterocycles. The van der Waals surface area contributed by atoms with Crippen molar-refractivity contribution in [3.63, 3.8) is 0 Å². The molecule has 33 heavy (non-hydrogen) atoms. The van der Waals surface area contributed by atoms with Gasteiger partial charge in [-0.15, -0.1) is 0 Å². The molecule has 2 aromatic rings. The lowest BCUT2D eigenvalue weighted by Crippen LogP contribution is -2.67. The molecule has 2 fully saturated rings. The van der Waals surface area contributed by atoms with Crippen LogP contribution < -0.4 is 0 Å². The summed E-state index contributed by atoms with van der Waals surface area (Å²) >= 11 is 5.96. The molecular weight excluding hydrogens is 475 g/mol. The van der Waals surface area contributed by atoms with Crippen molar-refractivity contribution in [3.05, 3.63) is 64.7 Å². The highest BCUT2D eigenvalue weighted by molar-refractivity contribution is 7.90. The summed E-state index contributed by atoms with van der Waals surface area (Å²) < 4.78 is 71.8. The van der Waals surface area contributed by atoms with Crippen LogP contribution in [-0.4, -0.2) is 51.0 Å². The summed E-state index contributed by atoms with van der Waals surface area (Å²) in [7, 11) is -3.32.